The monoisotopic (exact) mass is 636 g/mol. The van der Waals surface area contributed by atoms with Crippen LogP contribution < -0.4 is 26.6 Å². The van der Waals surface area contributed by atoms with Crippen LogP contribution in [0.3, 0.4) is 0 Å². The van der Waals surface area contributed by atoms with Crippen LogP contribution in [-0.4, -0.2) is 46.8 Å². The fourth-order valence-electron chi connectivity index (χ4n) is 6.05. The van der Waals surface area contributed by atoms with Gasteiger partial charge in [0, 0.05) is 17.2 Å². The summed E-state index contributed by atoms with van der Waals surface area (Å²) in [5.41, 5.74) is 10.8. The highest BCUT2D eigenvalue weighted by molar-refractivity contribution is 6.05. The maximum absolute atomic E-state index is 13.4. The standard InChI is InChI=1S/C37H48N8O2/c1-24-13-15-25(16-14-24)41-34(22-32(38)37(2,3)4)43-36(46)42-29-18-19-31(28-11-7-6-10-27(28)29)47-26-17-20-33(39)45(23-26)35(40)30-12-8-9-21-44(30)5/h6-7,10-11,13-17,20,22-23,29-31,39-40H,8-9,12,18-19,21,38H2,1-5H3,(H2,41,42,43,46)/b32-22-,39-33?,40-35?/t29-,30-,31+/m0/s1. The molecule has 1 aliphatic heterocycles. The number of ether oxygens (including phenoxy) is 1. The smallest absolute Gasteiger partial charge is 0.320 e. The molecule has 2 amide bonds. The molecule has 10 heteroatoms. The van der Waals surface area contributed by atoms with Crippen molar-refractivity contribution in [3.8, 4) is 5.75 Å². The molecule has 47 heavy (non-hydrogen) atoms. The van der Waals surface area contributed by atoms with Crippen molar-refractivity contribution in [3.63, 3.8) is 0 Å². The third-order valence-corrected chi connectivity index (χ3v) is 8.97. The van der Waals surface area contributed by atoms with Crippen LogP contribution in [0, 0.1) is 23.2 Å². The SMILES string of the molecule is Cc1ccc(N=C(/C=C(\N)C(C)(C)C)NC(=O)N[C@H]2CC[C@@H](Oc3ccc(=N)n(C(=N)[C@@H]4CCCCN4C)c3)c3ccccc32)cc1. The molecule has 2 aromatic carbocycles. The van der Waals surface area contributed by atoms with E-state index >= 15 is 0 Å². The number of likely N-dealkylation sites (N-methyl/N-ethyl adjacent to an activating group) is 1. The van der Waals surface area contributed by atoms with E-state index in [1.807, 2.05) is 83.3 Å². The summed E-state index contributed by atoms with van der Waals surface area (Å²) in [6.07, 6.45) is 7.70. The first-order chi connectivity index (χ1) is 22.4. The van der Waals surface area contributed by atoms with Crippen LogP contribution in [-0.2, 0) is 0 Å². The van der Waals surface area contributed by atoms with Crippen molar-refractivity contribution in [2.45, 2.75) is 78.0 Å². The highest BCUT2D eigenvalue weighted by Gasteiger charge is 2.30. The Hall–Kier alpha value is -4.70. The molecule has 248 valence electrons. The number of piperidine rings is 1. The van der Waals surface area contributed by atoms with E-state index in [0.29, 0.717) is 41.6 Å². The Labute approximate surface area is 277 Å². The number of fused-ring (bicyclic) bond motifs is 1. The number of rotatable bonds is 6. The number of benzene rings is 2. The minimum absolute atomic E-state index is 0.0238. The van der Waals surface area contributed by atoms with Gasteiger partial charge in [-0.05, 0) is 81.6 Å². The second kappa shape index (κ2) is 14.4. The van der Waals surface area contributed by atoms with E-state index in [4.69, 9.17) is 21.3 Å². The number of amidine groups is 1. The Morgan fingerprint density at radius 2 is 1.74 bits per heavy atom. The number of aliphatic imine (C=N–C) groups is 1. The molecule has 3 atom stereocenters. The van der Waals surface area contributed by atoms with Gasteiger partial charge in [-0.1, -0.05) is 69.2 Å². The van der Waals surface area contributed by atoms with Crippen molar-refractivity contribution < 1.29 is 9.53 Å². The van der Waals surface area contributed by atoms with E-state index in [1.54, 1.807) is 29.0 Å². The number of likely N-dealkylation sites (tertiary alicyclic amines) is 1. The molecule has 10 nitrogen and oxygen atoms in total. The molecule has 1 aliphatic carbocycles. The Morgan fingerprint density at radius 3 is 2.45 bits per heavy atom. The molecule has 0 radical (unpaired) electrons. The Bertz CT molecular complexity index is 1720. The lowest BCUT2D eigenvalue weighted by Crippen LogP contribution is -2.46. The third kappa shape index (κ3) is 8.37. The minimum Gasteiger partial charge on any atom is -0.484 e. The van der Waals surface area contributed by atoms with E-state index in [0.717, 1.165) is 42.5 Å². The predicted octanol–water partition coefficient (Wildman–Crippen LogP) is 6.46. The number of nitrogens with zero attached hydrogens (tertiary/aromatic N) is 3. The first-order valence-electron chi connectivity index (χ1n) is 16.4. The van der Waals surface area contributed by atoms with E-state index in [9.17, 15) is 4.79 Å². The van der Waals surface area contributed by atoms with Crippen molar-refractivity contribution in [2.75, 3.05) is 13.6 Å². The van der Waals surface area contributed by atoms with Crippen LogP contribution in [0.2, 0.25) is 0 Å². The van der Waals surface area contributed by atoms with Gasteiger partial charge in [0.2, 0.25) is 0 Å². The summed E-state index contributed by atoms with van der Waals surface area (Å²) >= 11 is 0. The number of amides is 2. The van der Waals surface area contributed by atoms with Gasteiger partial charge in [0.15, 0.2) is 0 Å². The van der Waals surface area contributed by atoms with Crippen LogP contribution in [0.1, 0.15) is 81.7 Å². The predicted molar refractivity (Wildman–Crippen MR) is 187 cm³/mol. The van der Waals surface area contributed by atoms with Crippen molar-refractivity contribution in [1.29, 1.82) is 10.8 Å². The first-order valence-corrected chi connectivity index (χ1v) is 16.4. The number of aryl methyl sites for hydroxylation is 1. The number of hydrogen-bond acceptors (Lipinski definition) is 7. The van der Waals surface area contributed by atoms with Gasteiger partial charge in [-0.15, -0.1) is 0 Å². The zero-order chi connectivity index (χ0) is 33.7. The molecule has 1 saturated heterocycles. The largest absolute Gasteiger partial charge is 0.484 e. The van der Waals surface area contributed by atoms with Crippen LogP contribution in [0.5, 0.6) is 5.75 Å². The van der Waals surface area contributed by atoms with E-state index in [2.05, 4.69) is 20.5 Å². The Balaban J connectivity index is 1.32. The van der Waals surface area contributed by atoms with Crippen molar-refractivity contribution in [2.24, 2.45) is 16.1 Å². The summed E-state index contributed by atoms with van der Waals surface area (Å²) in [6.45, 7) is 9.01. The number of hydrogen-bond donors (Lipinski definition) is 5. The van der Waals surface area contributed by atoms with Crippen LogP contribution in [0.15, 0.2) is 83.6 Å². The summed E-state index contributed by atoms with van der Waals surface area (Å²) in [6, 6.07) is 18.6. The minimum atomic E-state index is -0.369. The van der Waals surface area contributed by atoms with Gasteiger partial charge in [0.1, 0.15) is 29.0 Å². The highest BCUT2D eigenvalue weighted by Crippen LogP contribution is 2.38. The first kappa shape index (κ1) is 33.7. The molecule has 5 rings (SSSR count). The van der Waals surface area contributed by atoms with Crippen LogP contribution in [0.4, 0.5) is 10.5 Å². The third-order valence-electron chi connectivity index (χ3n) is 8.97. The maximum atomic E-state index is 13.4. The number of nitrogens with two attached hydrogens (primary N) is 1. The summed E-state index contributed by atoms with van der Waals surface area (Å²) < 4.78 is 8.15. The molecule has 1 fully saturated rings. The number of pyridine rings is 1. The average Bonchev–Trinajstić information content (AvgIpc) is 3.03. The zero-order valence-electron chi connectivity index (χ0n) is 28.1. The maximum Gasteiger partial charge on any atom is 0.320 e. The second-order valence-corrected chi connectivity index (χ2v) is 13.6. The second-order valence-electron chi connectivity index (χ2n) is 13.6. The number of aromatic nitrogens is 1. The number of carbonyl (C=O) groups excluding carboxylic acids is 1. The van der Waals surface area contributed by atoms with Gasteiger partial charge in [-0.2, -0.15) is 0 Å². The molecule has 6 N–H and O–H groups in total. The lowest BCUT2D eigenvalue weighted by Gasteiger charge is -2.34. The molecule has 2 aliphatic rings. The van der Waals surface area contributed by atoms with E-state index < -0.39 is 0 Å². The quantitative estimate of drug-likeness (QED) is 0.156. The van der Waals surface area contributed by atoms with Crippen LogP contribution in [0.25, 0.3) is 0 Å². The lowest BCUT2D eigenvalue weighted by molar-refractivity contribution is 0.171. The molecule has 1 aromatic heterocycles. The fraction of sp³-hybridized carbons (Fsp3) is 0.405. The molecular formula is C37H48N8O2. The van der Waals surface area contributed by atoms with Crippen molar-refractivity contribution in [1.82, 2.24) is 20.1 Å². The molecule has 0 bridgehead atoms. The average molecular weight is 637 g/mol. The highest BCUT2D eigenvalue weighted by atomic mass is 16.5. The normalized spacial score (nSPS) is 20.7. The number of nitrogens with one attached hydrogen (secondary N) is 4. The summed E-state index contributed by atoms with van der Waals surface area (Å²) in [5, 5.41) is 23.5. The van der Waals surface area contributed by atoms with Gasteiger partial charge < -0.3 is 15.8 Å². The van der Waals surface area contributed by atoms with E-state index in [-0.39, 0.29) is 35.1 Å². The van der Waals surface area contributed by atoms with Gasteiger partial charge in [-0.25, -0.2) is 9.79 Å². The summed E-state index contributed by atoms with van der Waals surface area (Å²) in [5.74, 6) is 1.36. The van der Waals surface area contributed by atoms with Gasteiger partial charge in [-0.3, -0.25) is 25.6 Å². The fourth-order valence-corrected chi connectivity index (χ4v) is 6.05. The molecule has 0 unspecified atom stereocenters. The number of urea groups is 1. The number of allylic oxidation sites excluding steroid dienone is 1. The lowest BCUT2D eigenvalue weighted by atomic mass is 9.85. The summed E-state index contributed by atoms with van der Waals surface area (Å²) in [7, 11) is 2.04. The molecule has 0 saturated carbocycles. The van der Waals surface area contributed by atoms with Crippen molar-refractivity contribution in [3.05, 3.63) is 101 Å². The van der Waals surface area contributed by atoms with Crippen LogP contribution >= 0.6 is 0 Å². The van der Waals surface area contributed by atoms with Gasteiger partial charge in [0.05, 0.1) is 24.0 Å². The Morgan fingerprint density at radius 1 is 1.02 bits per heavy atom. The van der Waals surface area contributed by atoms with Gasteiger partial charge in [0.25, 0.3) is 0 Å². The van der Waals surface area contributed by atoms with Gasteiger partial charge >= 0.3 is 6.03 Å². The summed E-state index contributed by atoms with van der Waals surface area (Å²) in [4.78, 5) is 20.3. The Kier molecular flexibility index (Phi) is 10.3. The number of carbonyl (C=O) groups is 1. The molecule has 0 spiro atoms. The molecular weight excluding hydrogens is 588 g/mol. The molecule has 2 heterocycles. The van der Waals surface area contributed by atoms with E-state index in [1.165, 1.54) is 0 Å². The molecule has 3 aromatic rings. The topological polar surface area (TPSA) is 145 Å². The van der Waals surface area contributed by atoms with Crippen molar-refractivity contribution >= 4 is 23.4 Å². The zero-order valence-corrected chi connectivity index (χ0v) is 28.1.